The lowest BCUT2D eigenvalue weighted by molar-refractivity contribution is -0.153. The average Bonchev–Trinajstić information content (AvgIpc) is 3.27. The molecule has 3 nitrogen and oxygen atoms in total. The van der Waals surface area contributed by atoms with Gasteiger partial charge < -0.3 is 10.2 Å². The van der Waals surface area contributed by atoms with Crippen LogP contribution in [0, 0.1) is 63.6 Å². The molecule has 5 aliphatic carbocycles. The molecule has 32 heavy (non-hydrogen) atoms. The molecule has 0 bridgehead atoms. The second-order valence-electron chi connectivity index (χ2n) is 13.7. The molecule has 5 saturated carbocycles. The molecule has 182 valence electrons. The molecular formula is C29H48O3. The van der Waals surface area contributed by atoms with Gasteiger partial charge in [0, 0.05) is 11.8 Å². The maximum absolute atomic E-state index is 13.5. The summed E-state index contributed by atoms with van der Waals surface area (Å²) >= 11 is 0. The van der Waals surface area contributed by atoms with Crippen LogP contribution in [0.25, 0.3) is 0 Å². The zero-order chi connectivity index (χ0) is 23.2. The number of hydrogen-bond acceptors (Lipinski definition) is 3. The first-order chi connectivity index (χ1) is 15.0. The summed E-state index contributed by atoms with van der Waals surface area (Å²) in [5.74, 6) is 4.27. The predicted molar refractivity (Wildman–Crippen MR) is 128 cm³/mol. The quantitative estimate of drug-likeness (QED) is 0.539. The van der Waals surface area contributed by atoms with Gasteiger partial charge in [0.2, 0.25) is 0 Å². The van der Waals surface area contributed by atoms with E-state index in [0.717, 1.165) is 25.2 Å². The van der Waals surface area contributed by atoms with E-state index in [0.29, 0.717) is 35.4 Å². The fourth-order valence-electron chi connectivity index (χ4n) is 10.8. The summed E-state index contributed by atoms with van der Waals surface area (Å²) in [5, 5.41) is 22.3. The maximum atomic E-state index is 13.5. The predicted octanol–water partition coefficient (Wildman–Crippen LogP) is 5.86. The molecule has 0 heterocycles. The van der Waals surface area contributed by atoms with E-state index in [1.54, 1.807) is 0 Å². The van der Waals surface area contributed by atoms with Gasteiger partial charge in [-0.3, -0.25) is 4.79 Å². The third kappa shape index (κ3) is 2.82. The van der Waals surface area contributed by atoms with Crippen LogP contribution in [0.15, 0.2) is 0 Å². The molecule has 0 aliphatic heterocycles. The molecule has 5 aliphatic rings. The number of hydrogen-bond donors (Lipinski definition) is 2. The van der Waals surface area contributed by atoms with Gasteiger partial charge in [-0.25, -0.2) is 0 Å². The molecule has 5 fully saturated rings. The van der Waals surface area contributed by atoms with Crippen molar-refractivity contribution in [1.29, 1.82) is 0 Å². The van der Waals surface area contributed by atoms with E-state index in [1.807, 2.05) is 0 Å². The first-order valence-corrected chi connectivity index (χ1v) is 13.9. The standard InChI is InChI=1S/C29H48O3/c1-7-19(16(2)3)26(32)25(31)17(4)21-8-9-22-20-14-24(30)29-15-18(29)10-13-28(29,6)23(20)11-12-27(21,22)5/h16-23,25-26,31-32H,7-15H2,1-6H3/t17-,18-,19+,20-,21+,22-,23-,25-,26-,27+,28+,29-/m0/s1. The highest BCUT2D eigenvalue weighted by molar-refractivity contribution is 5.91. The van der Waals surface area contributed by atoms with E-state index in [9.17, 15) is 15.0 Å². The van der Waals surface area contributed by atoms with Crippen molar-refractivity contribution in [3.8, 4) is 0 Å². The van der Waals surface area contributed by atoms with Crippen LogP contribution in [0.3, 0.4) is 0 Å². The van der Waals surface area contributed by atoms with E-state index < -0.39 is 12.2 Å². The van der Waals surface area contributed by atoms with Crippen molar-refractivity contribution >= 4 is 5.78 Å². The van der Waals surface area contributed by atoms with E-state index >= 15 is 0 Å². The van der Waals surface area contributed by atoms with Crippen LogP contribution in [0.2, 0.25) is 0 Å². The lowest BCUT2D eigenvalue weighted by atomic mass is 9.45. The van der Waals surface area contributed by atoms with Crippen molar-refractivity contribution in [2.24, 2.45) is 63.6 Å². The first kappa shape index (κ1) is 23.3. The number of aliphatic hydroxyl groups is 2. The van der Waals surface area contributed by atoms with Crippen molar-refractivity contribution in [1.82, 2.24) is 0 Å². The van der Waals surface area contributed by atoms with Gasteiger partial charge in [-0.05, 0) is 103 Å². The molecule has 0 amide bonds. The number of aliphatic hydroxyl groups excluding tert-OH is 2. The molecule has 0 unspecified atom stereocenters. The zero-order valence-corrected chi connectivity index (χ0v) is 21.4. The Hall–Kier alpha value is -0.410. The lowest BCUT2D eigenvalue weighted by Crippen LogP contribution is -2.55. The van der Waals surface area contributed by atoms with E-state index in [1.165, 1.54) is 38.5 Å². The summed E-state index contributed by atoms with van der Waals surface area (Å²) < 4.78 is 0. The third-order valence-corrected chi connectivity index (χ3v) is 12.7. The molecule has 0 aromatic carbocycles. The van der Waals surface area contributed by atoms with Crippen molar-refractivity contribution in [3.05, 3.63) is 0 Å². The van der Waals surface area contributed by atoms with Gasteiger partial charge in [0.25, 0.3) is 0 Å². The second-order valence-corrected chi connectivity index (χ2v) is 13.7. The van der Waals surface area contributed by atoms with Crippen molar-refractivity contribution in [2.75, 3.05) is 0 Å². The number of carbonyl (C=O) groups is 1. The zero-order valence-electron chi connectivity index (χ0n) is 21.4. The highest BCUT2D eigenvalue weighted by Crippen LogP contribution is 2.80. The van der Waals surface area contributed by atoms with Crippen LogP contribution in [-0.2, 0) is 4.79 Å². The Bertz CT molecular complexity index is 762. The number of fused-ring (bicyclic) bond motifs is 4. The molecule has 0 radical (unpaired) electrons. The minimum absolute atomic E-state index is 0.0690. The maximum Gasteiger partial charge on any atom is 0.140 e. The van der Waals surface area contributed by atoms with Gasteiger partial charge >= 0.3 is 0 Å². The highest BCUT2D eigenvalue weighted by atomic mass is 16.3. The summed E-state index contributed by atoms with van der Waals surface area (Å²) in [6, 6.07) is 0. The van der Waals surface area contributed by atoms with Crippen LogP contribution in [-0.4, -0.2) is 28.2 Å². The van der Waals surface area contributed by atoms with Crippen LogP contribution >= 0.6 is 0 Å². The number of ketones is 1. The van der Waals surface area contributed by atoms with E-state index in [4.69, 9.17) is 0 Å². The van der Waals surface area contributed by atoms with Crippen LogP contribution < -0.4 is 0 Å². The largest absolute Gasteiger partial charge is 0.390 e. The molecule has 3 heteroatoms. The number of rotatable bonds is 6. The van der Waals surface area contributed by atoms with E-state index in [-0.39, 0.29) is 28.1 Å². The van der Waals surface area contributed by atoms with Gasteiger partial charge in [0.15, 0.2) is 0 Å². The minimum atomic E-state index is -0.656. The SMILES string of the molecule is CC[C@H](C(C)C)[C@H](O)[C@@H](O)[C@@H](C)[C@H]1CC[C@H]2[C@@H]3CC(=O)[C@]45C[C@@H]4CC[C@]5(C)[C@H]3CC[C@]12C. The number of Topliss-reactive ketones (excluding diaryl/α,β-unsaturated/α-hetero) is 1. The normalized spacial score (nSPS) is 50.8. The summed E-state index contributed by atoms with van der Waals surface area (Å²) in [7, 11) is 0. The average molecular weight is 445 g/mol. The van der Waals surface area contributed by atoms with Crippen LogP contribution in [0.5, 0.6) is 0 Å². The Morgan fingerprint density at radius 2 is 1.69 bits per heavy atom. The van der Waals surface area contributed by atoms with Crippen LogP contribution in [0.4, 0.5) is 0 Å². The van der Waals surface area contributed by atoms with Gasteiger partial charge in [-0.1, -0.05) is 48.0 Å². The molecular weight excluding hydrogens is 396 g/mol. The summed E-state index contributed by atoms with van der Waals surface area (Å²) in [5.41, 5.74) is 0.521. The lowest BCUT2D eigenvalue weighted by Gasteiger charge is -2.58. The van der Waals surface area contributed by atoms with Crippen molar-refractivity contribution in [3.63, 3.8) is 0 Å². The first-order valence-electron chi connectivity index (χ1n) is 13.9. The Labute approximate surface area is 196 Å². The molecule has 2 N–H and O–H groups in total. The monoisotopic (exact) mass is 444 g/mol. The second kappa shape index (κ2) is 7.54. The van der Waals surface area contributed by atoms with Crippen LogP contribution in [0.1, 0.15) is 99.3 Å². The minimum Gasteiger partial charge on any atom is -0.390 e. The number of carbonyl (C=O) groups excluding carboxylic acids is 1. The van der Waals surface area contributed by atoms with Gasteiger partial charge in [-0.2, -0.15) is 0 Å². The van der Waals surface area contributed by atoms with Gasteiger partial charge in [-0.15, -0.1) is 0 Å². The summed E-state index contributed by atoms with van der Waals surface area (Å²) in [4.78, 5) is 13.5. The summed E-state index contributed by atoms with van der Waals surface area (Å²) in [6.07, 6.45) is 9.02. The molecule has 5 rings (SSSR count). The fraction of sp³-hybridized carbons (Fsp3) is 0.966. The van der Waals surface area contributed by atoms with Gasteiger partial charge in [0.05, 0.1) is 12.2 Å². The Kier molecular flexibility index (Phi) is 5.50. The smallest absolute Gasteiger partial charge is 0.140 e. The molecule has 0 saturated heterocycles. The Balaban J connectivity index is 1.36. The third-order valence-electron chi connectivity index (χ3n) is 12.7. The topological polar surface area (TPSA) is 57.5 Å². The summed E-state index contributed by atoms with van der Waals surface area (Å²) in [6.45, 7) is 13.6. The Morgan fingerprint density at radius 1 is 0.969 bits per heavy atom. The van der Waals surface area contributed by atoms with Gasteiger partial charge in [0.1, 0.15) is 5.78 Å². The molecule has 0 aromatic heterocycles. The fourth-order valence-corrected chi connectivity index (χ4v) is 10.8. The van der Waals surface area contributed by atoms with Crippen molar-refractivity contribution in [2.45, 2.75) is 112 Å². The van der Waals surface area contributed by atoms with Crippen molar-refractivity contribution < 1.29 is 15.0 Å². The highest BCUT2D eigenvalue weighted by Gasteiger charge is 2.77. The molecule has 0 aromatic rings. The van der Waals surface area contributed by atoms with E-state index in [2.05, 4.69) is 41.5 Å². The Morgan fingerprint density at radius 3 is 2.31 bits per heavy atom. The molecule has 12 atom stereocenters. The molecule has 1 spiro atoms.